The van der Waals surface area contributed by atoms with Gasteiger partial charge in [-0.05, 0) is 37.0 Å². The Morgan fingerprint density at radius 1 is 0.852 bits per heavy atom. The van der Waals surface area contributed by atoms with E-state index >= 15 is 0 Å². The lowest BCUT2D eigenvalue weighted by molar-refractivity contribution is 0.0976. The Balaban J connectivity index is 1.48. The van der Waals surface area contributed by atoms with Crippen LogP contribution in [-0.4, -0.2) is 18.0 Å². The Labute approximate surface area is 163 Å². The zero-order valence-electron chi connectivity index (χ0n) is 16.5. The summed E-state index contributed by atoms with van der Waals surface area (Å²) in [5.74, 6) is 0.582. The molecule has 3 heteroatoms. The zero-order chi connectivity index (χ0) is 19.3. The number of hydrogen-bond acceptors (Lipinski definition) is 3. The van der Waals surface area contributed by atoms with Crippen LogP contribution in [0.3, 0.4) is 0 Å². The predicted molar refractivity (Wildman–Crippen MR) is 111 cm³/mol. The summed E-state index contributed by atoms with van der Waals surface area (Å²) in [5, 5.41) is 9.91. The second-order valence-corrected chi connectivity index (χ2v) is 7.12. The molecule has 0 heterocycles. The first-order valence-electron chi connectivity index (χ1n) is 10.1. The average Bonchev–Trinajstić information content (AvgIpc) is 2.69. The summed E-state index contributed by atoms with van der Waals surface area (Å²) >= 11 is 0. The fraction of sp³-hybridized carbons (Fsp3) is 0.458. The lowest BCUT2D eigenvalue weighted by atomic mass is 10.0. The van der Waals surface area contributed by atoms with Crippen LogP contribution in [0.1, 0.15) is 73.7 Å². The van der Waals surface area contributed by atoms with Gasteiger partial charge in [0.15, 0.2) is 5.78 Å². The number of methoxy groups -OCH3 is 1. The molecule has 0 aromatic heterocycles. The SMILES string of the molecule is COc1ccc(C(=O)CCCCCCCCCCc2ccccc2)c(O)c1. The number of unbranched alkanes of at least 4 members (excludes halogenated alkanes) is 7. The van der Waals surface area contributed by atoms with Crippen molar-refractivity contribution in [2.45, 2.75) is 64.2 Å². The molecule has 2 aromatic carbocycles. The van der Waals surface area contributed by atoms with Crippen LogP contribution in [0.5, 0.6) is 11.5 Å². The number of phenolic OH excluding ortho intramolecular Hbond substituents is 1. The molecule has 0 unspecified atom stereocenters. The molecule has 0 aliphatic carbocycles. The van der Waals surface area contributed by atoms with Crippen molar-refractivity contribution in [2.75, 3.05) is 7.11 Å². The predicted octanol–water partition coefficient (Wildman–Crippen LogP) is 6.34. The van der Waals surface area contributed by atoms with Crippen LogP contribution in [0.4, 0.5) is 0 Å². The molecule has 1 N–H and O–H groups in total. The molecule has 2 aromatic rings. The molecule has 0 saturated heterocycles. The lowest BCUT2D eigenvalue weighted by Gasteiger charge is -2.06. The monoisotopic (exact) mass is 368 g/mol. The van der Waals surface area contributed by atoms with Crippen LogP contribution in [0, 0.1) is 0 Å². The van der Waals surface area contributed by atoms with Crippen molar-refractivity contribution in [1.29, 1.82) is 0 Å². The Kier molecular flexibility index (Phi) is 9.47. The quantitative estimate of drug-likeness (QED) is 0.331. The van der Waals surface area contributed by atoms with E-state index in [0.717, 1.165) is 12.8 Å². The van der Waals surface area contributed by atoms with E-state index in [1.807, 2.05) is 0 Å². The molecule has 146 valence electrons. The van der Waals surface area contributed by atoms with Gasteiger partial charge < -0.3 is 9.84 Å². The van der Waals surface area contributed by atoms with Gasteiger partial charge in [-0.15, -0.1) is 0 Å². The number of Topliss-reactive ketones (excluding diaryl/α,β-unsaturated/α-hetero) is 1. The number of rotatable bonds is 13. The van der Waals surface area contributed by atoms with Gasteiger partial charge in [-0.1, -0.05) is 68.9 Å². The zero-order valence-corrected chi connectivity index (χ0v) is 16.5. The van der Waals surface area contributed by atoms with Gasteiger partial charge in [-0.3, -0.25) is 4.79 Å². The molecule has 0 saturated carbocycles. The highest BCUT2D eigenvalue weighted by Crippen LogP contribution is 2.25. The first-order valence-corrected chi connectivity index (χ1v) is 10.1. The number of ether oxygens (including phenoxy) is 1. The standard InChI is InChI=1S/C24H32O3/c1-27-21-17-18-22(24(26)19-21)23(25)16-12-7-5-3-2-4-6-9-13-20-14-10-8-11-15-20/h8,10-11,14-15,17-19,26H,2-7,9,12-13,16H2,1H3. The van der Waals surface area contributed by atoms with Crippen LogP contribution >= 0.6 is 0 Å². The van der Waals surface area contributed by atoms with Gasteiger partial charge in [-0.25, -0.2) is 0 Å². The summed E-state index contributed by atoms with van der Waals surface area (Å²) in [7, 11) is 1.54. The fourth-order valence-electron chi connectivity index (χ4n) is 3.33. The van der Waals surface area contributed by atoms with E-state index in [2.05, 4.69) is 30.3 Å². The van der Waals surface area contributed by atoms with Gasteiger partial charge >= 0.3 is 0 Å². The Hall–Kier alpha value is -2.29. The third-order valence-corrected chi connectivity index (χ3v) is 4.97. The maximum Gasteiger partial charge on any atom is 0.166 e. The molecule has 0 aliphatic heterocycles. The van der Waals surface area contributed by atoms with Crippen LogP contribution in [0.25, 0.3) is 0 Å². The highest BCUT2D eigenvalue weighted by atomic mass is 16.5. The lowest BCUT2D eigenvalue weighted by Crippen LogP contribution is -1.99. The molecular weight excluding hydrogens is 336 g/mol. The molecule has 0 fully saturated rings. The number of carbonyl (C=O) groups is 1. The number of aryl methyl sites for hydroxylation is 1. The highest BCUT2D eigenvalue weighted by Gasteiger charge is 2.11. The smallest absolute Gasteiger partial charge is 0.166 e. The van der Waals surface area contributed by atoms with Gasteiger partial charge in [0, 0.05) is 12.5 Å². The van der Waals surface area contributed by atoms with E-state index in [1.54, 1.807) is 19.2 Å². The van der Waals surface area contributed by atoms with Crippen molar-refractivity contribution in [3.8, 4) is 11.5 Å². The molecule has 0 spiro atoms. The topological polar surface area (TPSA) is 46.5 Å². The second-order valence-electron chi connectivity index (χ2n) is 7.12. The van der Waals surface area contributed by atoms with Crippen molar-refractivity contribution in [1.82, 2.24) is 0 Å². The molecule has 3 nitrogen and oxygen atoms in total. The molecule has 0 bridgehead atoms. The average molecular weight is 369 g/mol. The van der Waals surface area contributed by atoms with Gasteiger partial charge in [0.25, 0.3) is 0 Å². The third-order valence-electron chi connectivity index (χ3n) is 4.97. The molecule has 0 amide bonds. The van der Waals surface area contributed by atoms with E-state index in [9.17, 15) is 9.90 Å². The number of benzene rings is 2. The largest absolute Gasteiger partial charge is 0.507 e. The van der Waals surface area contributed by atoms with Crippen LogP contribution in [0.2, 0.25) is 0 Å². The number of ketones is 1. The Morgan fingerprint density at radius 3 is 2.11 bits per heavy atom. The first kappa shape index (κ1) is 21.0. The van der Waals surface area contributed by atoms with E-state index in [-0.39, 0.29) is 11.5 Å². The van der Waals surface area contributed by atoms with Crippen LogP contribution in [0.15, 0.2) is 48.5 Å². The number of hydrogen-bond donors (Lipinski definition) is 1. The Morgan fingerprint density at radius 2 is 1.48 bits per heavy atom. The van der Waals surface area contributed by atoms with E-state index in [0.29, 0.717) is 17.7 Å². The molecular formula is C24H32O3. The second kappa shape index (κ2) is 12.2. The van der Waals surface area contributed by atoms with Gasteiger partial charge in [0.1, 0.15) is 11.5 Å². The molecule has 0 aliphatic rings. The summed E-state index contributed by atoms with van der Waals surface area (Å²) in [6, 6.07) is 15.5. The minimum Gasteiger partial charge on any atom is -0.507 e. The molecule has 27 heavy (non-hydrogen) atoms. The van der Waals surface area contributed by atoms with Crippen molar-refractivity contribution in [3.63, 3.8) is 0 Å². The van der Waals surface area contributed by atoms with Gasteiger partial charge in [0.2, 0.25) is 0 Å². The van der Waals surface area contributed by atoms with Gasteiger partial charge in [0.05, 0.1) is 12.7 Å². The van der Waals surface area contributed by atoms with Crippen LogP contribution in [-0.2, 0) is 6.42 Å². The van der Waals surface area contributed by atoms with E-state index in [4.69, 9.17) is 4.74 Å². The summed E-state index contributed by atoms with van der Waals surface area (Å²) in [4.78, 5) is 12.2. The highest BCUT2D eigenvalue weighted by molar-refractivity contribution is 5.98. The maximum absolute atomic E-state index is 12.2. The summed E-state index contributed by atoms with van der Waals surface area (Å²) in [6.07, 6.45) is 11.2. The minimum atomic E-state index is 0.00912. The Bertz CT molecular complexity index is 679. The van der Waals surface area contributed by atoms with Crippen molar-refractivity contribution in [3.05, 3.63) is 59.7 Å². The number of phenols is 1. The van der Waals surface area contributed by atoms with Crippen molar-refractivity contribution in [2.24, 2.45) is 0 Å². The fourth-order valence-corrected chi connectivity index (χ4v) is 3.33. The van der Waals surface area contributed by atoms with Crippen molar-refractivity contribution < 1.29 is 14.6 Å². The van der Waals surface area contributed by atoms with E-state index in [1.165, 1.54) is 56.6 Å². The molecule has 0 radical (unpaired) electrons. The molecule has 2 rings (SSSR count). The number of aromatic hydroxyl groups is 1. The summed E-state index contributed by atoms with van der Waals surface area (Å²) in [6.45, 7) is 0. The first-order chi connectivity index (χ1) is 13.2. The van der Waals surface area contributed by atoms with Gasteiger partial charge in [-0.2, -0.15) is 0 Å². The van der Waals surface area contributed by atoms with E-state index < -0.39 is 0 Å². The van der Waals surface area contributed by atoms with Crippen molar-refractivity contribution >= 4 is 5.78 Å². The summed E-state index contributed by atoms with van der Waals surface area (Å²) in [5.41, 5.74) is 1.83. The van der Waals surface area contributed by atoms with Crippen LogP contribution < -0.4 is 4.74 Å². The maximum atomic E-state index is 12.2. The third kappa shape index (κ3) is 7.86. The number of carbonyl (C=O) groups excluding carboxylic acids is 1. The normalized spacial score (nSPS) is 10.7. The minimum absolute atomic E-state index is 0.00912. The molecule has 0 atom stereocenters. The summed E-state index contributed by atoms with van der Waals surface area (Å²) < 4.78 is 5.04.